The first-order valence-electron chi connectivity index (χ1n) is 5.17. The van der Waals surface area contributed by atoms with Crippen LogP contribution in [0.5, 0.6) is 0 Å². The van der Waals surface area contributed by atoms with Gasteiger partial charge in [0.25, 0.3) is 0 Å². The molecule has 1 rings (SSSR count). The van der Waals surface area contributed by atoms with Gasteiger partial charge >= 0.3 is 5.97 Å². The number of carboxylic acids is 1. The Morgan fingerprint density at radius 1 is 1.56 bits per heavy atom. The average molecular weight is 223 g/mol. The maximum absolute atomic E-state index is 10.8. The highest BCUT2D eigenvalue weighted by atomic mass is 16.4. The van der Waals surface area contributed by atoms with Crippen LogP contribution in [-0.4, -0.2) is 17.6 Å². The molecule has 0 aliphatic rings. The van der Waals surface area contributed by atoms with Gasteiger partial charge in [-0.15, -0.1) is 0 Å². The van der Waals surface area contributed by atoms with Crippen molar-refractivity contribution in [3.8, 4) is 0 Å². The Morgan fingerprint density at radius 3 is 2.75 bits per heavy atom. The molecule has 0 saturated heterocycles. The maximum Gasteiger partial charge on any atom is 0.339 e. The predicted octanol–water partition coefficient (Wildman–Crippen LogP) is 2.34. The maximum atomic E-state index is 10.8. The third-order valence-electron chi connectivity index (χ3n) is 2.15. The topological polar surface area (TPSA) is 62.5 Å². The molecule has 0 radical (unpaired) electrons. The molecule has 1 aromatic heterocycles. The van der Waals surface area contributed by atoms with Crippen molar-refractivity contribution in [1.82, 2.24) is 5.32 Å². The van der Waals surface area contributed by atoms with Gasteiger partial charge in [0.05, 0.1) is 6.54 Å². The molecule has 4 nitrogen and oxygen atoms in total. The van der Waals surface area contributed by atoms with Crippen LogP contribution in [0, 0.1) is 6.92 Å². The highest BCUT2D eigenvalue weighted by molar-refractivity contribution is 5.88. The van der Waals surface area contributed by atoms with E-state index in [2.05, 4.69) is 11.4 Å². The van der Waals surface area contributed by atoms with Gasteiger partial charge in [-0.05, 0) is 26.8 Å². The summed E-state index contributed by atoms with van der Waals surface area (Å²) in [5.74, 6) is 0.153. The molecule has 1 heterocycles. The molecule has 1 aromatic rings. The molecule has 0 bridgehead atoms. The monoisotopic (exact) mass is 223 g/mol. The van der Waals surface area contributed by atoms with Crippen LogP contribution in [0.1, 0.15) is 35.7 Å². The van der Waals surface area contributed by atoms with E-state index in [0.29, 0.717) is 18.1 Å². The molecule has 88 valence electrons. The fourth-order valence-corrected chi connectivity index (χ4v) is 1.31. The first kappa shape index (κ1) is 12.5. The lowest BCUT2D eigenvalue weighted by Crippen LogP contribution is -2.12. The summed E-state index contributed by atoms with van der Waals surface area (Å²) in [6.07, 6.45) is 2.06. The molecule has 0 aliphatic heterocycles. The number of aromatic carboxylic acids is 1. The number of nitrogens with one attached hydrogen (secondary N) is 1. The Balaban J connectivity index is 2.52. The zero-order valence-corrected chi connectivity index (χ0v) is 9.83. The lowest BCUT2D eigenvalue weighted by Gasteiger charge is -1.98. The molecule has 4 heteroatoms. The molecule has 0 fully saturated rings. The average Bonchev–Trinajstić information content (AvgIpc) is 2.54. The second-order valence-electron chi connectivity index (χ2n) is 3.90. The van der Waals surface area contributed by atoms with Crippen molar-refractivity contribution in [2.45, 2.75) is 27.3 Å². The van der Waals surface area contributed by atoms with Crippen LogP contribution in [0.3, 0.4) is 0 Å². The molecule has 0 unspecified atom stereocenters. The molecule has 0 saturated carbocycles. The summed E-state index contributed by atoms with van der Waals surface area (Å²) >= 11 is 0. The molecule has 0 aromatic carbocycles. The van der Waals surface area contributed by atoms with Crippen molar-refractivity contribution in [3.05, 3.63) is 34.8 Å². The minimum absolute atomic E-state index is 0.235. The lowest BCUT2D eigenvalue weighted by atomic mass is 10.2. The number of furan rings is 1. The van der Waals surface area contributed by atoms with E-state index in [9.17, 15) is 4.79 Å². The van der Waals surface area contributed by atoms with Crippen molar-refractivity contribution in [1.29, 1.82) is 0 Å². The SMILES string of the molecule is CC(C)=CCNCc1cc(C(=O)O)c(C)o1. The standard InChI is InChI=1S/C12H17NO3/c1-8(2)4-5-13-7-10-6-11(12(14)15)9(3)16-10/h4,6,13H,5,7H2,1-3H3,(H,14,15). The highest BCUT2D eigenvalue weighted by Crippen LogP contribution is 2.14. The summed E-state index contributed by atoms with van der Waals surface area (Å²) in [5, 5.41) is 12.0. The largest absolute Gasteiger partial charge is 0.478 e. The van der Waals surface area contributed by atoms with Crippen molar-refractivity contribution in [2.75, 3.05) is 6.54 Å². The quantitative estimate of drug-likeness (QED) is 0.594. The molecular formula is C12H17NO3. The molecule has 0 atom stereocenters. The first-order valence-corrected chi connectivity index (χ1v) is 5.17. The van der Waals surface area contributed by atoms with Gasteiger partial charge in [0, 0.05) is 6.54 Å². The number of hydrogen-bond donors (Lipinski definition) is 2. The molecule has 0 aliphatic carbocycles. The molecule has 16 heavy (non-hydrogen) atoms. The molecule has 2 N–H and O–H groups in total. The van der Waals surface area contributed by atoms with Crippen LogP contribution in [-0.2, 0) is 6.54 Å². The number of allylic oxidation sites excluding steroid dienone is 1. The molecular weight excluding hydrogens is 206 g/mol. The number of hydrogen-bond acceptors (Lipinski definition) is 3. The second-order valence-corrected chi connectivity index (χ2v) is 3.90. The molecule has 0 spiro atoms. The van der Waals surface area contributed by atoms with Crippen LogP contribution in [0.4, 0.5) is 0 Å². The fourth-order valence-electron chi connectivity index (χ4n) is 1.31. The van der Waals surface area contributed by atoms with E-state index in [-0.39, 0.29) is 5.56 Å². The van der Waals surface area contributed by atoms with Crippen LogP contribution in [0.2, 0.25) is 0 Å². The summed E-state index contributed by atoms with van der Waals surface area (Å²) in [6.45, 7) is 7.01. The van der Waals surface area contributed by atoms with E-state index in [1.807, 2.05) is 13.8 Å². The van der Waals surface area contributed by atoms with Crippen molar-refractivity contribution in [3.63, 3.8) is 0 Å². The third-order valence-corrected chi connectivity index (χ3v) is 2.15. The zero-order chi connectivity index (χ0) is 12.1. The summed E-state index contributed by atoms with van der Waals surface area (Å²) in [5.41, 5.74) is 1.48. The summed E-state index contributed by atoms with van der Waals surface area (Å²) < 4.78 is 5.32. The Labute approximate surface area is 95.0 Å². The summed E-state index contributed by atoms with van der Waals surface area (Å²) in [4.78, 5) is 10.8. The van der Waals surface area contributed by atoms with E-state index < -0.39 is 5.97 Å². The number of aryl methyl sites for hydroxylation is 1. The normalized spacial score (nSPS) is 10.2. The Bertz CT molecular complexity index is 400. The van der Waals surface area contributed by atoms with Gasteiger partial charge < -0.3 is 14.8 Å². The van der Waals surface area contributed by atoms with Crippen molar-refractivity contribution in [2.24, 2.45) is 0 Å². The Kier molecular flexibility index (Phi) is 4.31. The first-order chi connectivity index (χ1) is 7.50. The molecule has 0 amide bonds. The van der Waals surface area contributed by atoms with E-state index in [1.54, 1.807) is 13.0 Å². The van der Waals surface area contributed by atoms with Crippen LogP contribution >= 0.6 is 0 Å². The minimum Gasteiger partial charge on any atom is -0.478 e. The summed E-state index contributed by atoms with van der Waals surface area (Å²) in [6, 6.07) is 1.56. The third kappa shape index (κ3) is 3.55. The Morgan fingerprint density at radius 2 is 2.25 bits per heavy atom. The van der Waals surface area contributed by atoms with Gasteiger partial charge in [0.1, 0.15) is 17.1 Å². The van der Waals surface area contributed by atoms with E-state index in [0.717, 1.165) is 6.54 Å². The van der Waals surface area contributed by atoms with E-state index in [4.69, 9.17) is 9.52 Å². The lowest BCUT2D eigenvalue weighted by molar-refractivity contribution is 0.0695. The van der Waals surface area contributed by atoms with Gasteiger partial charge in [-0.2, -0.15) is 0 Å². The van der Waals surface area contributed by atoms with Crippen LogP contribution < -0.4 is 5.32 Å². The van der Waals surface area contributed by atoms with Gasteiger partial charge in [-0.3, -0.25) is 0 Å². The summed E-state index contributed by atoms with van der Waals surface area (Å²) in [7, 11) is 0. The number of carboxylic acid groups (broad SMARTS) is 1. The van der Waals surface area contributed by atoms with Crippen molar-refractivity contribution >= 4 is 5.97 Å². The highest BCUT2D eigenvalue weighted by Gasteiger charge is 2.12. The zero-order valence-electron chi connectivity index (χ0n) is 9.83. The Hall–Kier alpha value is -1.55. The number of carbonyl (C=O) groups is 1. The van der Waals surface area contributed by atoms with Gasteiger partial charge in [-0.25, -0.2) is 4.79 Å². The smallest absolute Gasteiger partial charge is 0.339 e. The van der Waals surface area contributed by atoms with Gasteiger partial charge in [0.15, 0.2) is 0 Å². The van der Waals surface area contributed by atoms with E-state index in [1.165, 1.54) is 5.57 Å². The predicted molar refractivity (Wildman–Crippen MR) is 61.5 cm³/mol. The number of rotatable bonds is 5. The van der Waals surface area contributed by atoms with Gasteiger partial charge in [0.2, 0.25) is 0 Å². The van der Waals surface area contributed by atoms with Gasteiger partial charge in [-0.1, -0.05) is 11.6 Å². The fraction of sp³-hybridized carbons (Fsp3) is 0.417. The second kappa shape index (κ2) is 5.51. The van der Waals surface area contributed by atoms with Crippen LogP contribution in [0.15, 0.2) is 22.1 Å². The van der Waals surface area contributed by atoms with Crippen LogP contribution in [0.25, 0.3) is 0 Å². The minimum atomic E-state index is -0.947. The van der Waals surface area contributed by atoms with Crippen molar-refractivity contribution < 1.29 is 14.3 Å². The van der Waals surface area contributed by atoms with E-state index >= 15 is 0 Å².